The summed E-state index contributed by atoms with van der Waals surface area (Å²) >= 11 is 11.9. The molecule has 0 aromatic heterocycles. The number of halogens is 2. The van der Waals surface area contributed by atoms with Gasteiger partial charge in [0.05, 0.1) is 11.4 Å². The van der Waals surface area contributed by atoms with Crippen molar-refractivity contribution in [3.05, 3.63) is 64.1 Å². The van der Waals surface area contributed by atoms with Gasteiger partial charge in [-0.2, -0.15) is 4.31 Å². The highest BCUT2D eigenvalue weighted by Gasteiger charge is 2.28. The van der Waals surface area contributed by atoms with Crippen molar-refractivity contribution in [1.82, 2.24) is 9.21 Å². The zero-order chi connectivity index (χ0) is 20.0. The van der Waals surface area contributed by atoms with Gasteiger partial charge in [0.2, 0.25) is 15.9 Å². The Morgan fingerprint density at radius 3 is 2.15 bits per heavy atom. The summed E-state index contributed by atoms with van der Waals surface area (Å²) in [6, 6.07) is 12.8. The smallest absolute Gasteiger partial charge is 0.243 e. The Labute approximate surface area is 170 Å². The molecule has 2 aromatic carbocycles. The van der Waals surface area contributed by atoms with Crippen molar-refractivity contribution in [2.75, 3.05) is 19.6 Å². The van der Waals surface area contributed by atoms with Crippen molar-refractivity contribution in [3.63, 3.8) is 0 Å². The standard InChI is InChI=1S/C19H22Cl2N2O3S/c1-3-22(4-2)19(24)14-23(13-15-6-5-7-17(21)12-15)27(25,26)18-10-8-16(20)9-11-18/h5-12H,3-4,13-14H2,1-2H3. The third-order valence-corrected chi connectivity index (χ3v) is 6.42. The van der Waals surface area contributed by atoms with Crippen LogP contribution in [0.3, 0.4) is 0 Å². The normalized spacial score (nSPS) is 11.6. The van der Waals surface area contributed by atoms with Crippen LogP contribution in [0.5, 0.6) is 0 Å². The molecule has 0 aliphatic heterocycles. The van der Waals surface area contributed by atoms with E-state index in [1.165, 1.54) is 28.6 Å². The number of benzene rings is 2. The van der Waals surface area contributed by atoms with Gasteiger partial charge in [0.1, 0.15) is 0 Å². The molecule has 0 aliphatic rings. The van der Waals surface area contributed by atoms with E-state index in [1.807, 2.05) is 13.8 Å². The number of likely N-dealkylation sites (N-methyl/N-ethyl adjacent to an activating group) is 1. The van der Waals surface area contributed by atoms with E-state index in [0.717, 1.165) is 0 Å². The van der Waals surface area contributed by atoms with E-state index in [2.05, 4.69) is 0 Å². The van der Waals surface area contributed by atoms with Gasteiger partial charge in [0.25, 0.3) is 0 Å². The number of rotatable bonds is 8. The van der Waals surface area contributed by atoms with Crippen LogP contribution in [0.1, 0.15) is 19.4 Å². The molecule has 0 heterocycles. The fourth-order valence-electron chi connectivity index (χ4n) is 2.65. The van der Waals surface area contributed by atoms with E-state index in [1.54, 1.807) is 29.2 Å². The van der Waals surface area contributed by atoms with E-state index < -0.39 is 10.0 Å². The Morgan fingerprint density at radius 2 is 1.59 bits per heavy atom. The summed E-state index contributed by atoms with van der Waals surface area (Å²) in [7, 11) is -3.89. The van der Waals surface area contributed by atoms with Crippen LogP contribution in [0.4, 0.5) is 0 Å². The van der Waals surface area contributed by atoms with Crippen molar-refractivity contribution in [3.8, 4) is 0 Å². The Morgan fingerprint density at radius 1 is 0.963 bits per heavy atom. The zero-order valence-corrected chi connectivity index (χ0v) is 17.6. The van der Waals surface area contributed by atoms with Crippen LogP contribution < -0.4 is 0 Å². The van der Waals surface area contributed by atoms with E-state index in [0.29, 0.717) is 28.7 Å². The summed E-state index contributed by atoms with van der Waals surface area (Å²) in [6.45, 7) is 4.53. The first kappa shape index (κ1) is 21.7. The minimum Gasteiger partial charge on any atom is -0.342 e. The van der Waals surface area contributed by atoms with Crippen molar-refractivity contribution in [2.24, 2.45) is 0 Å². The first-order valence-corrected chi connectivity index (χ1v) is 10.8. The van der Waals surface area contributed by atoms with Crippen LogP contribution in [-0.4, -0.2) is 43.2 Å². The number of hydrogen-bond donors (Lipinski definition) is 0. The molecule has 0 bridgehead atoms. The Kier molecular flexibility index (Phi) is 7.68. The average molecular weight is 429 g/mol. The lowest BCUT2D eigenvalue weighted by molar-refractivity contribution is -0.131. The molecule has 5 nitrogen and oxygen atoms in total. The lowest BCUT2D eigenvalue weighted by Crippen LogP contribution is -2.42. The second kappa shape index (κ2) is 9.55. The van der Waals surface area contributed by atoms with Gasteiger partial charge >= 0.3 is 0 Å². The van der Waals surface area contributed by atoms with Gasteiger partial charge in [-0.3, -0.25) is 4.79 Å². The number of amides is 1. The second-order valence-electron chi connectivity index (χ2n) is 5.92. The molecule has 0 saturated carbocycles. The van der Waals surface area contributed by atoms with Crippen LogP contribution >= 0.6 is 23.2 Å². The van der Waals surface area contributed by atoms with Gasteiger partial charge in [0.15, 0.2) is 0 Å². The molecule has 0 aliphatic carbocycles. The Hall–Kier alpha value is -1.60. The minimum atomic E-state index is -3.89. The molecule has 0 N–H and O–H groups in total. The quantitative estimate of drug-likeness (QED) is 0.636. The predicted octanol–water partition coefficient (Wildman–Crippen LogP) is 4.05. The molecular weight excluding hydrogens is 407 g/mol. The molecule has 146 valence electrons. The molecular formula is C19H22Cl2N2O3S. The lowest BCUT2D eigenvalue weighted by Gasteiger charge is -2.26. The minimum absolute atomic E-state index is 0.0402. The zero-order valence-electron chi connectivity index (χ0n) is 15.2. The lowest BCUT2D eigenvalue weighted by atomic mass is 10.2. The topological polar surface area (TPSA) is 57.7 Å². The number of hydrogen-bond acceptors (Lipinski definition) is 3. The summed E-state index contributed by atoms with van der Waals surface area (Å²) in [5.41, 5.74) is 0.701. The first-order valence-electron chi connectivity index (χ1n) is 8.55. The molecule has 0 saturated heterocycles. The summed E-state index contributed by atoms with van der Waals surface area (Å²) in [5, 5.41) is 0.945. The maximum atomic E-state index is 13.1. The van der Waals surface area contributed by atoms with Gasteiger partial charge in [-0.1, -0.05) is 35.3 Å². The number of carbonyl (C=O) groups excluding carboxylic acids is 1. The average Bonchev–Trinajstić information content (AvgIpc) is 2.62. The molecule has 2 aromatic rings. The molecule has 0 fully saturated rings. The molecule has 0 radical (unpaired) electrons. The fourth-order valence-corrected chi connectivity index (χ4v) is 4.36. The van der Waals surface area contributed by atoms with E-state index in [-0.39, 0.29) is 23.9 Å². The van der Waals surface area contributed by atoms with Gasteiger partial charge in [-0.05, 0) is 55.8 Å². The monoisotopic (exact) mass is 428 g/mol. The van der Waals surface area contributed by atoms with Gasteiger partial charge in [0, 0.05) is 29.7 Å². The summed E-state index contributed by atoms with van der Waals surface area (Å²) in [4.78, 5) is 14.3. The predicted molar refractivity (Wildman–Crippen MR) is 108 cm³/mol. The molecule has 0 atom stereocenters. The van der Waals surface area contributed by atoms with Gasteiger partial charge < -0.3 is 4.90 Å². The molecule has 8 heteroatoms. The number of sulfonamides is 1. The van der Waals surface area contributed by atoms with Crippen molar-refractivity contribution in [1.29, 1.82) is 0 Å². The van der Waals surface area contributed by atoms with Crippen molar-refractivity contribution in [2.45, 2.75) is 25.3 Å². The second-order valence-corrected chi connectivity index (χ2v) is 8.73. The van der Waals surface area contributed by atoms with E-state index in [9.17, 15) is 13.2 Å². The summed E-state index contributed by atoms with van der Waals surface area (Å²) in [6.07, 6.45) is 0. The van der Waals surface area contributed by atoms with Crippen LogP contribution in [0.2, 0.25) is 10.0 Å². The maximum Gasteiger partial charge on any atom is 0.243 e. The fraction of sp³-hybridized carbons (Fsp3) is 0.316. The molecule has 0 unspecified atom stereocenters. The summed E-state index contributed by atoms with van der Waals surface area (Å²) in [5.74, 6) is -0.250. The SMILES string of the molecule is CCN(CC)C(=O)CN(Cc1cccc(Cl)c1)S(=O)(=O)c1ccc(Cl)cc1. The highest BCUT2D eigenvalue weighted by molar-refractivity contribution is 7.89. The molecule has 0 spiro atoms. The molecule has 27 heavy (non-hydrogen) atoms. The van der Waals surface area contributed by atoms with Crippen LogP contribution in [0, 0.1) is 0 Å². The van der Waals surface area contributed by atoms with Crippen LogP contribution in [0.25, 0.3) is 0 Å². The van der Waals surface area contributed by atoms with Crippen molar-refractivity contribution < 1.29 is 13.2 Å². The van der Waals surface area contributed by atoms with Gasteiger partial charge in [-0.25, -0.2) is 8.42 Å². The van der Waals surface area contributed by atoms with Crippen LogP contribution in [0.15, 0.2) is 53.4 Å². The third-order valence-electron chi connectivity index (χ3n) is 4.13. The van der Waals surface area contributed by atoms with E-state index >= 15 is 0 Å². The first-order chi connectivity index (χ1) is 12.8. The Balaban J connectivity index is 2.38. The number of carbonyl (C=O) groups is 1. The number of nitrogens with zero attached hydrogens (tertiary/aromatic N) is 2. The highest BCUT2D eigenvalue weighted by atomic mass is 35.5. The van der Waals surface area contributed by atoms with Crippen LogP contribution in [-0.2, 0) is 21.4 Å². The third kappa shape index (κ3) is 5.69. The largest absolute Gasteiger partial charge is 0.342 e. The van der Waals surface area contributed by atoms with Crippen molar-refractivity contribution >= 4 is 39.1 Å². The van der Waals surface area contributed by atoms with Gasteiger partial charge in [-0.15, -0.1) is 0 Å². The summed E-state index contributed by atoms with van der Waals surface area (Å²) < 4.78 is 27.5. The Bertz CT molecular complexity index is 882. The maximum absolute atomic E-state index is 13.1. The highest BCUT2D eigenvalue weighted by Crippen LogP contribution is 2.22. The molecule has 1 amide bonds. The molecule has 2 rings (SSSR count). The van der Waals surface area contributed by atoms with E-state index in [4.69, 9.17) is 23.2 Å².